The van der Waals surface area contributed by atoms with Crippen molar-refractivity contribution < 1.29 is 4.74 Å². The molecule has 1 aliphatic rings. The van der Waals surface area contributed by atoms with Gasteiger partial charge in [-0.15, -0.1) is 11.6 Å². The highest BCUT2D eigenvalue weighted by Crippen LogP contribution is 2.19. The number of likely N-dealkylation sites (tertiary alicyclic amines) is 1. The van der Waals surface area contributed by atoms with Gasteiger partial charge in [-0.2, -0.15) is 0 Å². The quantitative estimate of drug-likeness (QED) is 0.737. The molecular formula is C16H24ClNO. The Labute approximate surface area is 121 Å². The minimum absolute atomic E-state index is 0.575. The largest absolute Gasteiger partial charge is 0.492 e. The second kappa shape index (κ2) is 7.16. The fraction of sp³-hybridized carbons (Fsp3) is 0.625. The van der Waals surface area contributed by atoms with Crippen molar-refractivity contribution in [2.24, 2.45) is 5.92 Å². The summed E-state index contributed by atoms with van der Waals surface area (Å²) >= 11 is 5.89. The van der Waals surface area contributed by atoms with Gasteiger partial charge in [0.25, 0.3) is 0 Å². The minimum atomic E-state index is 0.575. The fourth-order valence-electron chi connectivity index (χ4n) is 2.48. The molecule has 0 spiro atoms. The van der Waals surface area contributed by atoms with E-state index in [2.05, 4.69) is 43.0 Å². The summed E-state index contributed by atoms with van der Waals surface area (Å²) in [5.41, 5.74) is 1.36. The van der Waals surface area contributed by atoms with Crippen LogP contribution in [-0.2, 0) is 0 Å². The predicted octanol–water partition coefficient (Wildman–Crippen LogP) is 3.75. The van der Waals surface area contributed by atoms with Crippen LogP contribution in [0.4, 0.5) is 0 Å². The minimum Gasteiger partial charge on any atom is -0.492 e. The van der Waals surface area contributed by atoms with E-state index < -0.39 is 0 Å². The lowest BCUT2D eigenvalue weighted by atomic mass is 10.0. The lowest BCUT2D eigenvalue weighted by Crippen LogP contribution is -2.26. The molecule has 1 heterocycles. The van der Waals surface area contributed by atoms with Gasteiger partial charge in [0.05, 0.1) is 0 Å². The Bertz CT molecular complexity index is 377. The molecular weight excluding hydrogens is 258 g/mol. The van der Waals surface area contributed by atoms with E-state index in [0.29, 0.717) is 11.8 Å². The molecule has 1 fully saturated rings. The average molecular weight is 282 g/mol. The summed E-state index contributed by atoms with van der Waals surface area (Å²) in [6, 6.07) is 8.44. The summed E-state index contributed by atoms with van der Waals surface area (Å²) in [5.74, 6) is 3.00. The normalized spacial score (nSPS) is 20.1. The van der Waals surface area contributed by atoms with Crippen molar-refractivity contribution in [3.05, 3.63) is 29.8 Å². The Morgan fingerprint density at radius 2 is 2.05 bits per heavy atom. The molecule has 0 radical (unpaired) electrons. The molecule has 0 aliphatic carbocycles. The highest BCUT2D eigenvalue weighted by atomic mass is 35.5. The lowest BCUT2D eigenvalue weighted by Gasteiger charge is -2.16. The molecule has 0 N–H and O–H groups in total. The van der Waals surface area contributed by atoms with Crippen molar-refractivity contribution in [1.82, 2.24) is 4.90 Å². The van der Waals surface area contributed by atoms with Gasteiger partial charge in [0, 0.05) is 19.0 Å². The first-order valence-electron chi connectivity index (χ1n) is 7.20. The van der Waals surface area contributed by atoms with Crippen LogP contribution in [0.3, 0.4) is 0 Å². The second-order valence-electron chi connectivity index (χ2n) is 5.68. The summed E-state index contributed by atoms with van der Waals surface area (Å²) in [6.45, 7) is 8.45. The van der Waals surface area contributed by atoms with Crippen LogP contribution in [0, 0.1) is 5.92 Å². The summed E-state index contributed by atoms with van der Waals surface area (Å²) < 4.78 is 5.80. The summed E-state index contributed by atoms with van der Waals surface area (Å²) in [6.07, 6.45) is 1.23. The van der Waals surface area contributed by atoms with Gasteiger partial charge < -0.3 is 4.74 Å². The van der Waals surface area contributed by atoms with E-state index in [0.717, 1.165) is 37.9 Å². The zero-order valence-corrected chi connectivity index (χ0v) is 12.7. The highest BCUT2D eigenvalue weighted by Gasteiger charge is 2.20. The zero-order valence-electron chi connectivity index (χ0n) is 11.9. The molecule has 1 saturated heterocycles. The van der Waals surface area contributed by atoms with Crippen molar-refractivity contribution in [2.45, 2.75) is 26.2 Å². The number of rotatable bonds is 6. The van der Waals surface area contributed by atoms with E-state index in [1.54, 1.807) is 0 Å². The van der Waals surface area contributed by atoms with Crippen LogP contribution in [0.15, 0.2) is 24.3 Å². The van der Waals surface area contributed by atoms with Gasteiger partial charge in [-0.25, -0.2) is 0 Å². The number of hydrogen-bond acceptors (Lipinski definition) is 2. The summed E-state index contributed by atoms with van der Waals surface area (Å²) in [7, 11) is 0. The third-order valence-corrected chi connectivity index (χ3v) is 4.25. The van der Waals surface area contributed by atoms with Crippen LogP contribution in [-0.4, -0.2) is 37.0 Å². The Hall–Kier alpha value is -0.730. The maximum absolute atomic E-state index is 5.89. The monoisotopic (exact) mass is 281 g/mol. The first kappa shape index (κ1) is 14.7. The number of nitrogens with zero attached hydrogens (tertiary/aromatic N) is 1. The Balaban J connectivity index is 1.71. The van der Waals surface area contributed by atoms with Crippen LogP contribution < -0.4 is 4.74 Å². The van der Waals surface area contributed by atoms with Gasteiger partial charge in [-0.05, 0) is 42.5 Å². The molecule has 19 heavy (non-hydrogen) atoms. The first-order chi connectivity index (χ1) is 9.19. The molecule has 0 saturated carbocycles. The van der Waals surface area contributed by atoms with Crippen LogP contribution in [0.5, 0.6) is 5.75 Å². The Kier molecular flexibility index (Phi) is 5.53. The summed E-state index contributed by atoms with van der Waals surface area (Å²) in [5, 5.41) is 0. The maximum atomic E-state index is 5.89. The topological polar surface area (TPSA) is 12.5 Å². The Morgan fingerprint density at radius 3 is 2.63 bits per heavy atom. The predicted molar refractivity (Wildman–Crippen MR) is 81.3 cm³/mol. The maximum Gasteiger partial charge on any atom is 0.119 e. The molecule has 1 aromatic rings. The van der Waals surface area contributed by atoms with E-state index in [-0.39, 0.29) is 0 Å². The van der Waals surface area contributed by atoms with E-state index in [1.807, 2.05) is 0 Å². The molecule has 0 aromatic heterocycles. The van der Waals surface area contributed by atoms with Gasteiger partial charge in [-0.3, -0.25) is 4.90 Å². The van der Waals surface area contributed by atoms with Crippen LogP contribution >= 0.6 is 11.6 Å². The SMILES string of the molecule is CC(C)c1ccc(OCCN2CC[C@@H](CCl)C2)cc1. The van der Waals surface area contributed by atoms with Crippen LogP contribution in [0.25, 0.3) is 0 Å². The number of halogens is 1. The van der Waals surface area contributed by atoms with E-state index in [1.165, 1.54) is 12.0 Å². The van der Waals surface area contributed by atoms with Crippen LogP contribution in [0.1, 0.15) is 31.7 Å². The summed E-state index contributed by atoms with van der Waals surface area (Å²) in [4.78, 5) is 2.44. The average Bonchev–Trinajstić information content (AvgIpc) is 2.87. The third-order valence-electron chi connectivity index (χ3n) is 3.81. The molecule has 0 unspecified atom stereocenters. The second-order valence-corrected chi connectivity index (χ2v) is 5.99. The number of alkyl halides is 1. The van der Waals surface area contributed by atoms with Crippen molar-refractivity contribution in [3.8, 4) is 5.75 Å². The van der Waals surface area contributed by atoms with Crippen molar-refractivity contribution in [1.29, 1.82) is 0 Å². The Morgan fingerprint density at radius 1 is 1.32 bits per heavy atom. The van der Waals surface area contributed by atoms with Crippen LogP contribution in [0.2, 0.25) is 0 Å². The smallest absolute Gasteiger partial charge is 0.119 e. The molecule has 2 rings (SSSR count). The van der Waals surface area contributed by atoms with Crippen molar-refractivity contribution in [3.63, 3.8) is 0 Å². The molecule has 0 bridgehead atoms. The van der Waals surface area contributed by atoms with Gasteiger partial charge in [-0.1, -0.05) is 26.0 Å². The molecule has 106 valence electrons. The van der Waals surface area contributed by atoms with Crippen molar-refractivity contribution in [2.75, 3.05) is 32.1 Å². The van der Waals surface area contributed by atoms with Gasteiger partial charge in [0.1, 0.15) is 12.4 Å². The van der Waals surface area contributed by atoms with Crippen molar-refractivity contribution >= 4 is 11.6 Å². The van der Waals surface area contributed by atoms with E-state index in [4.69, 9.17) is 16.3 Å². The zero-order chi connectivity index (χ0) is 13.7. The molecule has 1 atom stereocenters. The molecule has 1 aliphatic heterocycles. The molecule has 1 aromatic carbocycles. The van der Waals surface area contributed by atoms with Gasteiger partial charge in [0.15, 0.2) is 0 Å². The van der Waals surface area contributed by atoms with E-state index in [9.17, 15) is 0 Å². The molecule has 2 nitrogen and oxygen atoms in total. The fourth-order valence-corrected chi connectivity index (χ4v) is 2.74. The van der Waals surface area contributed by atoms with Gasteiger partial charge in [0.2, 0.25) is 0 Å². The molecule has 3 heteroatoms. The first-order valence-corrected chi connectivity index (χ1v) is 7.73. The third kappa shape index (κ3) is 4.39. The molecule has 0 amide bonds. The highest BCUT2D eigenvalue weighted by molar-refractivity contribution is 6.18. The van der Waals surface area contributed by atoms with E-state index >= 15 is 0 Å². The number of ether oxygens (including phenoxy) is 1. The lowest BCUT2D eigenvalue weighted by molar-refractivity contribution is 0.234. The number of hydrogen-bond donors (Lipinski definition) is 0. The standard InChI is InChI=1S/C16H24ClNO/c1-13(2)15-3-5-16(6-4-15)19-10-9-18-8-7-14(11-17)12-18/h3-6,13-14H,7-12H2,1-2H3/t14-/m0/s1. The number of benzene rings is 1. The van der Waals surface area contributed by atoms with Gasteiger partial charge >= 0.3 is 0 Å².